The molecule has 124 valence electrons. The van der Waals surface area contributed by atoms with Crippen LogP contribution in [0.2, 0.25) is 0 Å². The minimum atomic E-state index is 0.481. The number of fused-ring (bicyclic) bond motifs is 1. The molecule has 0 atom stereocenters. The van der Waals surface area contributed by atoms with E-state index >= 15 is 0 Å². The van der Waals surface area contributed by atoms with Crippen LogP contribution in [0.15, 0.2) is 30.7 Å². The first-order chi connectivity index (χ1) is 11.7. The second-order valence-corrected chi connectivity index (χ2v) is 6.61. The van der Waals surface area contributed by atoms with Crippen LogP contribution in [0.1, 0.15) is 43.0 Å². The molecular weight excluding hydrogens is 300 g/mol. The third-order valence-electron chi connectivity index (χ3n) is 4.81. The predicted molar refractivity (Wildman–Crippen MR) is 93.9 cm³/mol. The summed E-state index contributed by atoms with van der Waals surface area (Å²) >= 11 is 0. The molecule has 3 aromatic rings. The van der Waals surface area contributed by atoms with Gasteiger partial charge in [0, 0.05) is 39.0 Å². The Morgan fingerprint density at radius 2 is 2.04 bits per heavy atom. The number of pyridine rings is 1. The van der Waals surface area contributed by atoms with Gasteiger partial charge in [0.05, 0.1) is 11.6 Å². The van der Waals surface area contributed by atoms with Crippen molar-refractivity contribution in [1.29, 1.82) is 0 Å². The van der Waals surface area contributed by atoms with Crippen molar-refractivity contribution in [3.05, 3.63) is 42.1 Å². The zero-order valence-electron chi connectivity index (χ0n) is 14.2. The van der Waals surface area contributed by atoms with Crippen molar-refractivity contribution < 1.29 is 0 Å². The lowest BCUT2D eigenvalue weighted by atomic mass is 10.1. The lowest BCUT2D eigenvalue weighted by Gasteiger charge is -2.20. The highest BCUT2D eigenvalue weighted by Crippen LogP contribution is 2.34. The van der Waals surface area contributed by atoms with Gasteiger partial charge in [0.15, 0.2) is 5.65 Å². The summed E-state index contributed by atoms with van der Waals surface area (Å²) in [4.78, 5) is 16.1. The van der Waals surface area contributed by atoms with Gasteiger partial charge in [-0.1, -0.05) is 18.9 Å². The fraction of sp³-hybridized carbons (Fsp3) is 0.444. The molecule has 1 fully saturated rings. The first kappa shape index (κ1) is 15.1. The van der Waals surface area contributed by atoms with Crippen molar-refractivity contribution in [1.82, 2.24) is 24.7 Å². The third kappa shape index (κ3) is 2.72. The molecule has 3 heterocycles. The normalized spacial score (nSPS) is 15.2. The van der Waals surface area contributed by atoms with E-state index < -0.39 is 0 Å². The molecule has 1 aliphatic rings. The minimum absolute atomic E-state index is 0.481. The van der Waals surface area contributed by atoms with E-state index in [0.717, 1.165) is 34.8 Å². The highest BCUT2D eigenvalue weighted by molar-refractivity contribution is 5.86. The van der Waals surface area contributed by atoms with Crippen molar-refractivity contribution in [2.45, 2.75) is 38.1 Å². The van der Waals surface area contributed by atoms with E-state index in [2.05, 4.69) is 28.1 Å². The monoisotopic (exact) mass is 322 g/mol. The van der Waals surface area contributed by atoms with Crippen LogP contribution in [-0.4, -0.2) is 31.8 Å². The van der Waals surface area contributed by atoms with Crippen LogP contribution in [0, 0.1) is 0 Å². The number of nitrogens with zero attached hydrogens (tertiary/aromatic N) is 6. The zero-order chi connectivity index (χ0) is 16.5. The molecule has 0 aromatic carbocycles. The smallest absolute Gasteiger partial charge is 0.163 e. The predicted octanol–water partition coefficient (Wildman–Crippen LogP) is 3.05. The van der Waals surface area contributed by atoms with E-state index in [-0.39, 0.29) is 0 Å². The summed E-state index contributed by atoms with van der Waals surface area (Å²) in [5.41, 5.74) is 2.08. The summed E-state index contributed by atoms with van der Waals surface area (Å²) in [6.45, 7) is 0.763. The highest BCUT2D eigenvalue weighted by Gasteiger charge is 2.23. The van der Waals surface area contributed by atoms with Gasteiger partial charge in [0.1, 0.15) is 11.6 Å². The van der Waals surface area contributed by atoms with Gasteiger partial charge in [-0.05, 0) is 24.5 Å². The fourth-order valence-electron chi connectivity index (χ4n) is 3.52. The number of rotatable bonds is 4. The summed E-state index contributed by atoms with van der Waals surface area (Å²) in [6, 6.07) is 4.05. The summed E-state index contributed by atoms with van der Waals surface area (Å²) in [5.74, 6) is 2.41. The van der Waals surface area contributed by atoms with Crippen LogP contribution in [0.4, 0.5) is 5.82 Å². The minimum Gasteiger partial charge on any atom is -0.355 e. The maximum atomic E-state index is 4.93. The van der Waals surface area contributed by atoms with Gasteiger partial charge < -0.3 is 4.90 Å². The Morgan fingerprint density at radius 3 is 2.79 bits per heavy atom. The average Bonchev–Trinajstić information content (AvgIpc) is 3.25. The average molecular weight is 322 g/mol. The van der Waals surface area contributed by atoms with E-state index in [1.54, 1.807) is 6.20 Å². The van der Waals surface area contributed by atoms with E-state index in [0.29, 0.717) is 5.92 Å². The Morgan fingerprint density at radius 1 is 1.21 bits per heavy atom. The Labute approximate surface area is 141 Å². The molecule has 0 radical (unpaired) electrons. The van der Waals surface area contributed by atoms with Crippen molar-refractivity contribution in [2.75, 3.05) is 11.9 Å². The molecule has 6 heteroatoms. The number of hydrogen-bond acceptors (Lipinski definition) is 5. The molecule has 4 rings (SSSR count). The Kier molecular flexibility index (Phi) is 3.88. The van der Waals surface area contributed by atoms with Crippen molar-refractivity contribution in [3.8, 4) is 0 Å². The number of aryl methyl sites for hydroxylation is 1. The topological polar surface area (TPSA) is 59.7 Å². The molecule has 24 heavy (non-hydrogen) atoms. The SMILES string of the molecule is CN(Cc1cccnc1)c1nc(C2CCCC2)nc2c1cnn2C. The van der Waals surface area contributed by atoms with Gasteiger partial charge in [0.2, 0.25) is 0 Å². The van der Waals surface area contributed by atoms with Gasteiger partial charge in [-0.15, -0.1) is 0 Å². The lowest BCUT2D eigenvalue weighted by molar-refractivity contribution is 0.664. The molecule has 0 bridgehead atoms. The fourth-order valence-corrected chi connectivity index (χ4v) is 3.52. The second kappa shape index (κ2) is 6.19. The summed E-state index contributed by atoms with van der Waals surface area (Å²) in [6.07, 6.45) is 10.5. The number of aromatic nitrogens is 5. The lowest BCUT2D eigenvalue weighted by Crippen LogP contribution is -2.19. The number of anilines is 1. The molecule has 1 aliphatic carbocycles. The Bertz CT molecular complexity index is 835. The Balaban J connectivity index is 1.75. The van der Waals surface area contributed by atoms with Gasteiger partial charge in [-0.25, -0.2) is 9.97 Å². The molecule has 0 spiro atoms. The van der Waals surface area contributed by atoms with E-state index in [1.807, 2.05) is 30.2 Å². The van der Waals surface area contributed by atoms with Gasteiger partial charge >= 0.3 is 0 Å². The first-order valence-electron chi connectivity index (χ1n) is 8.52. The molecule has 0 saturated heterocycles. The van der Waals surface area contributed by atoms with Crippen LogP contribution in [-0.2, 0) is 13.6 Å². The molecule has 0 N–H and O–H groups in total. The summed E-state index contributed by atoms with van der Waals surface area (Å²) in [7, 11) is 4.01. The first-order valence-corrected chi connectivity index (χ1v) is 8.52. The second-order valence-electron chi connectivity index (χ2n) is 6.61. The largest absolute Gasteiger partial charge is 0.355 e. The summed E-state index contributed by atoms with van der Waals surface area (Å²) < 4.78 is 1.84. The van der Waals surface area contributed by atoms with Crippen molar-refractivity contribution in [3.63, 3.8) is 0 Å². The van der Waals surface area contributed by atoms with Gasteiger partial charge in [0.25, 0.3) is 0 Å². The molecule has 0 unspecified atom stereocenters. The van der Waals surface area contributed by atoms with Crippen LogP contribution in [0.5, 0.6) is 0 Å². The molecule has 0 amide bonds. The van der Waals surface area contributed by atoms with Gasteiger partial charge in [-0.2, -0.15) is 5.10 Å². The highest BCUT2D eigenvalue weighted by atomic mass is 15.3. The van der Waals surface area contributed by atoms with E-state index in [9.17, 15) is 0 Å². The molecule has 0 aliphatic heterocycles. The summed E-state index contributed by atoms with van der Waals surface area (Å²) in [5, 5.41) is 5.39. The maximum Gasteiger partial charge on any atom is 0.163 e. The van der Waals surface area contributed by atoms with Crippen molar-refractivity contribution >= 4 is 16.9 Å². The molecule has 1 saturated carbocycles. The van der Waals surface area contributed by atoms with Crippen molar-refractivity contribution in [2.24, 2.45) is 7.05 Å². The molecule has 3 aromatic heterocycles. The Hall–Kier alpha value is -2.50. The van der Waals surface area contributed by atoms with Crippen LogP contribution < -0.4 is 4.90 Å². The molecule has 6 nitrogen and oxygen atoms in total. The van der Waals surface area contributed by atoms with Crippen LogP contribution in [0.3, 0.4) is 0 Å². The molecular formula is C18H22N6. The van der Waals surface area contributed by atoms with E-state index in [1.165, 1.54) is 25.7 Å². The number of hydrogen-bond donors (Lipinski definition) is 0. The maximum absolute atomic E-state index is 4.93. The van der Waals surface area contributed by atoms with E-state index in [4.69, 9.17) is 9.97 Å². The standard InChI is InChI=1S/C18H22N6/c1-23(12-13-6-5-9-19-10-13)17-15-11-20-24(2)18(15)22-16(21-17)14-7-3-4-8-14/h5-6,9-11,14H,3-4,7-8,12H2,1-2H3. The van der Waals surface area contributed by atoms with Crippen LogP contribution >= 0.6 is 0 Å². The van der Waals surface area contributed by atoms with Crippen LogP contribution in [0.25, 0.3) is 11.0 Å². The van der Waals surface area contributed by atoms with Gasteiger partial charge in [-0.3, -0.25) is 9.67 Å². The quantitative estimate of drug-likeness (QED) is 0.739. The zero-order valence-corrected chi connectivity index (χ0v) is 14.2. The third-order valence-corrected chi connectivity index (χ3v) is 4.81.